The molecule has 1 aromatic carbocycles. The maximum absolute atomic E-state index is 12.7. The highest BCUT2D eigenvalue weighted by molar-refractivity contribution is 7.90. The van der Waals surface area contributed by atoms with Crippen molar-refractivity contribution < 1.29 is 13.2 Å². The van der Waals surface area contributed by atoms with E-state index in [1.165, 1.54) is 24.8 Å². The number of aromatic amines is 1. The number of nitrogens with zero attached hydrogens (tertiary/aromatic N) is 3. The summed E-state index contributed by atoms with van der Waals surface area (Å²) in [6.45, 7) is 0. The van der Waals surface area contributed by atoms with Crippen LogP contribution in [-0.2, 0) is 22.7 Å². The second-order valence-corrected chi connectivity index (χ2v) is 13.0. The summed E-state index contributed by atoms with van der Waals surface area (Å²) < 4.78 is 23.7. The summed E-state index contributed by atoms with van der Waals surface area (Å²) in [6.07, 6.45) is 10.3. The number of hydrogen-bond acceptors (Lipinski definition) is 8. The van der Waals surface area contributed by atoms with Crippen molar-refractivity contribution in [2.75, 3.05) is 16.9 Å². The van der Waals surface area contributed by atoms with Gasteiger partial charge in [-0.3, -0.25) is 5.10 Å². The third kappa shape index (κ3) is 6.32. The molecule has 0 saturated heterocycles. The van der Waals surface area contributed by atoms with Crippen LogP contribution in [0.5, 0.6) is 0 Å². The highest BCUT2D eigenvalue weighted by atomic mass is 32.2. The summed E-state index contributed by atoms with van der Waals surface area (Å²) in [6, 6.07) is 9.24. The Labute approximate surface area is 227 Å². The average Bonchev–Trinajstić information content (AvgIpc) is 3.51. The van der Waals surface area contributed by atoms with Gasteiger partial charge in [-0.1, -0.05) is 6.07 Å². The van der Waals surface area contributed by atoms with E-state index in [-0.39, 0.29) is 24.2 Å². The van der Waals surface area contributed by atoms with E-state index in [0.717, 1.165) is 42.6 Å². The lowest BCUT2D eigenvalue weighted by Crippen LogP contribution is -2.48. The maximum atomic E-state index is 12.7. The third-order valence-corrected chi connectivity index (χ3v) is 8.91. The first-order chi connectivity index (χ1) is 18.8. The average molecular weight is 551 g/mol. The lowest BCUT2D eigenvalue weighted by Gasteiger charge is -2.30. The quantitative estimate of drug-likeness (QED) is 0.286. The summed E-state index contributed by atoms with van der Waals surface area (Å²) >= 11 is 0. The number of carbonyl (C=O) groups is 1. The zero-order valence-corrected chi connectivity index (χ0v) is 22.7. The number of sulfone groups is 1. The molecule has 1 atom stereocenters. The van der Waals surface area contributed by atoms with Gasteiger partial charge < -0.3 is 21.3 Å². The molecule has 3 aromatic rings. The van der Waals surface area contributed by atoms with Gasteiger partial charge in [0.15, 0.2) is 15.7 Å². The van der Waals surface area contributed by atoms with E-state index in [9.17, 15) is 13.2 Å². The van der Waals surface area contributed by atoms with Crippen LogP contribution in [0.2, 0.25) is 0 Å². The molecule has 12 heteroatoms. The molecule has 2 heterocycles. The second kappa shape index (κ2) is 10.5. The number of benzene rings is 1. The van der Waals surface area contributed by atoms with Crippen molar-refractivity contribution in [3.05, 3.63) is 53.3 Å². The highest BCUT2D eigenvalue weighted by Gasteiger charge is 2.28. The number of fused-ring (bicyclic) bond motifs is 1. The fraction of sp³-hybridized carbons (Fsp3) is 0.481. The van der Waals surface area contributed by atoms with E-state index in [1.54, 1.807) is 18.3 Å². The Balaban J connectivity index is 0.944. The van der Waals surface area contributed by atoms with Crippen LogP contribution in [0.4, 0.5) is 22.4 Å². The molecule has 0 aliphatic heterocycles. The Morgan fingerprint density at radius 3 is 2.41 bits per heavy atom. The fourth-order valence-corrected chi connectivity index (χ4v) is 6.21. The Bertz CT molecular complexity index is 1460. The van der Waals surface area contributed by atoms with Crippen LogP contribution in [0.3, 0.4) is 0 Å². The Kier molecular flexibility index (Phi) is 6.88. The number of hydrogen-bond donors (Lipinski definition) is 5. The first-order valence-corrected chi connectivity index (χ1v) is 15.5. The number of urea groups is 1. The van der Waals surface area contributed by atoms with Crippen LogP contribution < -0.4 is 21.3 Å². The van der Waals surface area contributed by atoms with E-state index in [4.69, 9.17) is 0 Å². The zero-order valence-electron chi connectivity index (χ0n) is 21.9. The van der Waals surface area contributed by atoms with Gasteiger partial charge in [-0.25, -0.2) is 18.2 Å². The summed E-state index contributed by atoms with van der Waals surface area (Å²) in [5.41, 5.74) is 3.25. The zero-order chi connectivity index (χ0) is 27.0. The van der Waals surface area contributed by atoms with Crippen LogP contribution in [0.25, 0.3) is 0 Å². The minimum absolute atomic E-state index is 0.0346. The van der Waals surface area contributed by atoms with Crippen LogP contribution >= 0.6 is 0 Å². The highest BCUT2D eigenvalue weighted by Crippen LogP contribution is 2.39. The molecule has 3 aliphatic rings. The Morgan fingerprint density at radius 2 is 1.64 bits per heavy atom. The molecule has 206 valence electrons. The minimum Gasteiger partial charge on any atom is -0.351 e. The number of carbonyl (C=O) groups excluding carboxylic acids is 1. The SMILES string of the molecule is CS(=O)(=O)c1ccc2c(c1)CC(NC(=O)NC1CCC(Nc3nccc(Nc4cc(C5CC5)[nH]n4)n3)CC1)C2. The number of nitrogens with one attached hydrogen (secondary N) is 5. The summed E-state index contributed by atoms with van der Waals surface area (Å²) in [5, 5.41) is 20.3. The lowest BCUT2D eigenvalue weighted by molar-refractivity contribution is 0.228. The van der Waals surface area contributed by atoms with Crippen molar-refractivity contribution in [3.63, 3.8) is 0 Å². The molecule has 1 unspecified atom stereocenters. The van der Waals surface area contributed by atoms with Crippen molar-refractivity contribution in [2.24, 2.45) is 0 Å². The first kappa shape index (κ1) is 25.6. The van der Waals surface area contributed by atoms with Crippen molar-refractivity contribution in [2.45, 2.75) is 80.3 Å². The smallest absolute Gasteiger partial charge is 0.315 e. The van der Waals surface area contributed by atoms with E-state index in [0.29, 0.717) is 35.4 Å². The third-order valence-electron chi connectivity index (χ3n) is 7.80. The number of H-pyrrole nitrogens is 1. The molecule has 11 nitrogen and oxygen atoms in total. The molecule has 6 rings (SSSR count). The maximum Gasteiger partial charge on any atom is 0.315 e. The largest absolute Gasteiger partial charge is 0.351 e. The number of anilines is 3. The number of rotatable bonds is 8. The molecule has 0 bridgehead atoms. The van der Waals surface area contributed by atoms with Crippen molar-refractivity contribution in [1.29, 1.82) is 0 Å². The molecule has 3 aliphatic carbocycles. The van der Waals surface area contributed by atoms with Gasteiger partial charge in [-0.2, -0.15) is 10.1 Å². The van der Waals surface area contributed by atoms with Crippen LogP contribution in [-0.4, -0.2) is 59.0 Å². The number of amides is 2. The predicted molar refractivity (Wildman–Crippen MR) is 148 cm³/mol. The molecule has 2 fully saturated rings. The first-order valence-electron chi connectivity index (χ1n) is 13.6. The summed E-state index contributed by atoms with van der Waals surface area (Å²) in [5.74, 6) is 2.64. The molecular formula is C27H34N8O3S. The van der Waals surface area contributed by atoms with Crippen molar-refractivity contribution in [3.8, 4) is 0 Å². The second-order valence-electron chi connectivity index (χ2n) is 11.0. The molecule has 2 aromatic heterocycles. The summed E-state index contributed by atoms with van der Waals surface area (Å²) in [7, 11) is -3.24. The predicted octanol–water partition coefficient (Wildman–Crippen LogP) is 3.41. The number of aromatic nitrogens is 4. The van der Waals surface area contributed by atoms with E-state index in [1.807, 2.05) is 18.2 Å². The molecular weight excluding hydrogens is 516 g/mol. The van der Waals surface area contributed by atoms with Gasteiger partial charge in [0.05, 0.1) is 4.90 Å². The van der Waals surface area contributed by atoms with E-state index < -0.39 is 9.84 Å². The van der Waals surface area contributed by atoms with Gasteiger partial charge in [0, 0.05) is 48.3 Å². The van der Waals surface area contributed by atoms with Gasteiger partial charge in [-0.15, -0.1) is 0 Å². The molecule has 2 saturated carbocycles. The van der Waals surface area contributed by atoms with Crippen LogP contribution in [0, 0.1) is 0 Å². The van der Waals surface area contributed by atoms with E-state index in [2.05, 4.69) is 41.4 Å². The van der Waals surface area contributed by atoms with Gasteiger partial charge >= 0.3 is 6.03 Å². The van der Waals surface area contributed by atoms with Gasteiger partial charge in [-0.05, 0) is 80.7 Å². The monoisotopic (exact) mass is 550 g/mol. The lowest BCUT2D eigenvalue weighted by atomic mass is 9.91. The standard InChI is InChI=1S/C27H34N8O3S/c1-39(37,38)22-9-4-17-12-21(13-18(17)14-22)31-27(36)30-20-7-5-19(6-8-20)29-26-28-11-10-24(33-26)32-25-15-23(34-35-25)16-2-3-16/h4,9-11,14-16,19-21H,2-3,5-8,12-13H2,1H3,(H2,30,31,36)(H3,28,29,32,33,34,35). The van der Waals surface area contributed by atoms with Gasteiger partial charge in [0.1, 0.15) is 5.82 Å². The molecule has 5 N–H and O–H groups in total. The summed E-state index contributed by atoms with van der Waals surface area (Å²) in [4.78, 5) is 22.0. The van der Waals surface area contributed by atoms with E-state index >= 15 is 0 Å². The Hall–Kier alpha value is -3.67. The molecule has 0 spiro atoms. The van der Waals surface area contributed by atoms with Gasteiger partial charge in [0.2, 0.25) is 5.95 Å². The van der Waals surface area contributed by atoms with Crippen molar-refractivity contribution >= 4 is 33.5 Å². The van der Waals surface area contributed by atoms with Crippen LogP contribution in [0.15, 0.2) is 41.4 Å². The topological polar surface area (TPSA) is 154 Å². The van der Waals surface area contributed by atoms with Crippen molar-refractivity contribution in [1.82, 2.24) is 30.8 Å². The molecule has 2 amide bonds. The molecule has 0 radical (unpaired) electrons. The fourth-order valence-electron chi connectivity index (χ4n) is 5.54. The Morgan fingerprint density at radius 1 is 0.897 bits per heavy atom. The normalized spacial score (nSPS) is 22.6. The van der Waals surface area contributed by atoms with Crippen LogP contribution in [0.1, 0.15) is 61.3 Å². The minimum atomic E-state index is -3.24. The molecule has 39 heavy (non-hydrogen) atoms. The van der Waals surface area contributed by atoms with Gasteiger partial charge in [0.25, 0.3) is 0 Å².